The molecular formula is C14H17BrN6O3. The van der Waals surface area contributed by atoms with Crippen LogP contribution < -0.4 is 20.9 Å². The number of aromatic nitrogens is 2. The number of hydrogen-bond acceptors (Lipinski definition) is 8. The molecule has 10 heteroatoms. The van der Waals surface area contributed by atoms with Crippen LogP contribution in [0.1, 0.15) is 25.1 Å². The number of benzene rings is 1. The van der Waals surface area contributed by atoms with Crippen LogP contribution in [0.5, 0.6) is 11.5 Å². The summed E-state index contributed by atoms with van der Waals surface area (Å²) in [6, 6.07) is 3.60. The zero-order valence-corrected chi connectivity index (χ0v) is 14.8. The van der Waals surface area contributed by atoms with E-state index in [1.54, 1.807) is 6.07 Å². The van der Waals surface area contributed by atoms with E-state index in [-0.39, 0.29) is 17.3 Å². The Bertz CT molecular complexity index is 759. The predicted octanol–water partition coefficient (Wildman–Crippen LogP) is 1.95. The van der Waals surface area contributed by atoms with Gasteiger partial charge in [0.1, 0.15) is 0 Å². The Kier molecular flexibility index (Phi) is 6.13. The second-order valence-corrected chi connectivity index (χ2v) is 5.27. The van der Waals surface area contributed by atoms with Crippen molar-refractivity contribution in [2.24, 2.45) is 15.9 Å². The molecule has 0 atom stereocenters. The third-order valence-corrected chi connectivity index (χ3v) is 3.47. The summed E-state index contributed by atoms with van der Waals surface area (Å²) in [6.45, 7) is 4.85. The lowest BCUT2D eigenvalue weighted by Crippen LogP contribution is -2.15. The molecule has 0 fully saturated rings. The van der Waals surface area contributed by atoms with Gasteiger partial charge in [-0.3, -0.25) is 0 Å². The van der Waals surface area contributed by atoms with Crippen molar-refractivity contribution in [2.45, 2.75) is 13.8 Å². The molecule has 0 aliphatic carbocycles. The second kappa shape index (κ2) is 8.29. The lowest BCUT2D eigenvalue weighted by atomic mass is 10.2. The minimum atomic E-state index is -0.00269. The topological polar surface area (TPSA) is 134 Å². The summed E-state index contributed by atoms with van der Waals surface area (Å²) in [5, 5.41) is 14.7. The number of halogens is 1. The van der Waals surface area contributed by atoms with E-state index in [4.69, 9.17) is 20.9 Å². The van der Waals surface area contributed by atoms with Gasteiger partial charge in [-0.25, -0.2) is 4.63 Å². The van der Waals surface area contributed by atoms with E-state index in [9.17, 15) is 0 Å². The highest BCUT2D eigenvalue weighted by Crippen LogP contribution is 2.33. The molecule has 0 amide bonds. The SMILES string of the molecule is CCOc1cc(Br)c(/C=N/N=C(\N)c2nonc2N)cc1OCC. The van der Waals surface area contributed by atoms with Crippen molar-refractivity contribution in [1.29, 1.82) is 0 Å². The van der Waals surface area contributed by atoms with Gasteiger partial charge in [-0.15, -0.1) is 5.10 Å². The predicted molar refractivity (Wildman–Crippen MR) is 93.5 cm³/mol. The molecule has 1 aromatic heterocycles. The third kappa shape index (κ3) is 4.22. The number of nitrogens with zero attached hydrogens (tertiary/aromatic N) is 4. The molecule has 2 rings (SSSR count). The molecule has 24 heavy (non-hydrogen) atoms. The van der Waals surface area contributed by atoms with Gasteiger partial charge >= 0.3 is 0 Å². The molecule has 128 valence electrons. The molecule has 0 unspecified atom stereocenters. The lowest BCUT2D eigenvalue weighted by molar-refractivity contribution is 0.287. The van der Waals surface area contributed by atoms with Crippen molar-refractivity contribution in [3.05, 3.63) is 27.9 Å². The van der Waals surface area contributed by atoms with Gasteiger partial charge in [-0.05, 0) is 52.2 Å². The van der Waals surface area contributed by atoms with Crippen LogP contribution in [0, 0.1) is 0 Å². The van der Waals surface area contributed by atoms with Gasteiger partial charge < -0.3 is 20.9 Å². The fraction of sp³-hybridized carbons (Fsp3) is 0.286. The zero-order valence-electron chi connectivity index (χ0n) is 13.2. The third-order valence-electron chi connectivity index (χ3n) is 2.78. The van der Waals surface area contributed by atoms with E-state index in [1.807, 2.05) is 19.9 Å². The molecule has 1 aromatic carbocycles. The number of ether oxygens (including phenoxy) is 2. The number of nitrogens with two attached hydrogens (primary N) is 2. The first kappa shape index (κ1) is 17.7. The molecule has 2 aromatic rings. The van der Waals surface area contributed by atoms with Gasteiger partial charge in [0, 0.05) is 10.0 Å². The lowest BCUT2D eigenvalue weighted by Gasteiger charge is -2.12. The van der Waals surface area contributed by atoms with Gasteiger partial charge in [0.25, 0.3) is 0 Å². The minimum Gasteiger partial charge on any atom is -0.490 e. The molecule has 4 N–H and O–H groups in total. The molecule has 0 aliphatic rings. The van der Waals surface area contributed by atoms with Crippen molar-refractivity contribution in [3.63, 3.8) is 0 Å². The van der Waals surface area contributed by atoms with E-state index >= 15 is 0 Å². The average molecular weight is 397 g/mol. The summed E-state index contributed by atoms with van der Waals surface area (Å²) in [6.07, 6.45) is 1.51. The van der Waals surface area contributed by atoms with Gasteiger partial charge in [0.15, 0.2) is 28.8 Å². The average Bonchev–Trinajstić information content (AvgIpc) is 2.97. The Morgan fingerprint density at radius 1 is 1.25 bits per heavy atom. The Labute approximate surface area is 146 Å². The molecule has 1 heterocycles. The molecule has 0 spiro atoms. The van der Waals surface area contributed by atoms with Gasteiger partial charge in [-0.1, -0.05) is 0 Å². The summed E-state index contributed by atoms with van der Waals surface area (Å²) in [4.78, 5) is 0. The second-order valence-electron chi connectivity index (χ2n) is 4.41. The number of rotatable bonds is 7. The zero-order chi connectivity index (χ0) is 17.5. The van der Waals surface area contributed by atoms with Crippen molar-refractivity contribution in [2.75, 3.05) is 18.9 Å². The van der Waals surface area contributed by atoms with Crippen molar-refractivity contribution in [3.8, 4) is 11.5 Å². The van der Waals surface area contributed by atoms with E-state index in [1.165, 1.54) is 6.21 Å². The summed E-state index contributed by atoms with van der Waals surface area (Å²) in [5.74, 6) is 1.31. The van der Waals surface area contributed by atoms with Crippen molar-refractivity contribution >= 4 is 33.8 Å². The summed E-state index contributed by atoms with van der Waals surface area (Å²) in [5.41, 5.74) is 12.1. The van der Waals surface area contributed by atoms with Crippen LogP contribution in [0.3, 0.4) is 0 Å². The molecule has 0 radical (unpaired) electrons. The van der Waals surface area contributed by atoms with Gasteiger partial charge in [0.2, 0.25) is 0 Å². The minimum absolute atomic E-state index is 0.00269. The monoisotopic (exact) mass is 396 g/mol. The van der Waals surface area contributed by atoms with Gasteiger partial charge in [-0.2, -0.15) is 5.10 Å². The first-order valence-electron chi connectivity index (χ1n) is 7.10. The van der Waals surface area contributed by atoms with Crippen LogP contribution in [0.15, 0.2) is 31.4 Å². The van der Waals surface area contributed by atoms with Crippen LogP contribution in [-0.2, 0) is 0 Å². The molecule has 0 saturated heterocycles. The number of anilines is 1. The largest absolute Gasteiger partial charge is 0.490 e. The normalized spacial score (nSPS) is 11.9. The Morgan fingerprint density at radius 2 is 1.92 bits per heavy atom. The smallest absolute Gasteiger partial charge is 0.199 e. The number of amidine groups is 1. The van der Waals surface area contributed by atoms with Crippen LogP contribution >= 0.6 is 15.9 Å². The maximum atomic E-state index is 5.72. The van der Waals surface area contributed by atoms with Crippen LogP contribution in [0.4, 0.5) is 5.82 Å². The van der Waals surface area contributed by atoms with Crippen molar-refractivity contribution in [1.82, 2.24) is 10.3 Å². The highest BCUT2D eigenvalue weighted by atomic mass is 79.9. The van der Waals surface area contributed by atoms with Gasteiger partial charge in [0.05, 0.1) is 19.4 Å². The Balaban J connectivity index is 2.25. The van der Waals surface area contributed by atoms with Crippen LogP contribution in [0.25, 0.3) is 0 Å². The summed E-state index contributed by atoms with van der Waals surface area (Å²) < 4.78 is 16.3. The number of hydrogen-bond donors (Lipinski definition) is 2. The fourth-order valence-corrected chi connectivity index (χ4v) is 2.18. The standard InChI is InChI=1S/C14H17BrN6O3/c1-3-22-10-5-8(9(15)6-11(10)23-4-2)7-18-19-13(16)12-14(17)21-24-20-12/h5-7H,3-4H2,1-2H3,(H2,16,19)(H2,17,21)/b18-7+. The number of nitrogen functional groups attached to an aromatic ring is 1. The van der Waals surface area contributed by atoms with E-state index in [2.05, 4.69) is 41.1 Å². The van der Waals surface area contributed by atoms with E-state index in [0.717, 1.165) is 10.0 Å². The molecule has 9 nitrogen and oxygen atoms in total. The Morgan fingerprint density at radius 3 is 2.50 bits per heavy atom. The maximum Gasteiger partial charge on any atom is 0.199 e. The molecule has 0 bridgehead atoms. The first-order chi connectivity index (χ1) is 11.6. The van der Waals surface area contributed by atoms with E-state index < -0.39 is 0 Å². The van der Waals surface area contributed by atoms with E-state index in [0.29, 0.717) is 24.7 Å². The summed E-state index contributed by atoms with van der Waals surface area (Å²) >= 11 is 3.46. The summed E-state index contributed by atoms with van der Waals surface area (Å²) in [7, 11) is 0. The maximum absolute atomic E-state index is 5.72. The highest BCUT2D eigenvalue weighted by Gasteiger charge is 2.11. The molecule has 0 saturated carbocycles. The van der Waals surface area contributed by atoms with Crippen LogP contribution in [-0.4, -0.2) is 35.6 Å². The highest BCUT2D eigenvalue weighted by molar-refractivity contribution is 9.10. The molecule has 0 aliphatic heterocycles. The fourth-order valence-electron chi connectivity index (χ4n) is 1.76. The van der Waals surface area contributed by atoms with Crippen LogP contribution in [0.2, 0.25) is 0 Å². The quantitative estimate of drug-likeness (QED) is 0.414. The van der Waals surface area contributed by atoms with Crippen molar-refractivity contribution < 1.29 is 14.1 Å². The first-order valence-corrected chi connectivity index (χ1v) is 7.90. The molecular weight excluding hydrogens is 380 g/mol. The Hall–Kier alpha value is -2.62.